The second kappa shape index (κ2) is 11.9. The Morgan fingerprint density at radius 1 is 1.05 bits per heavy atom. The average Bonchev–Trinajstić information content (AvgIpc) is 3.44. The zero-order valence-corrected chi connectivity index (χ0v) is 26.3. The molecule has 0 bridgehead atoms. The molecule has 2 atom stereocenters. The number of nitrogens with zero attached hydrogens (tertiary/aromatic N) is 5. The van der Waals surface area contributed by atoms with Crippen molar-refractivity contribution in [3.05, 3.63) is 53.1 Å². The second-order valence-corrected chi connectivity index (χ2v) is 14.0. The van der Waals surface area contributed by atoms with E-state index in [2.05, 4.69) is 18.8 Å². The van der Waals surface area contributed by atoms with Gasteiger partial charge in [-0.1, -0.05) is 57.0 Å². The van der Waals surface area contributed by atoms with Crippen LogP contribution in [0.2, 0.25) is 0 Å². The highest BCUT2D eigenvalue weighted by atomic mass is 16.6. The first-order valence-corrected chi connectivity index (χ1v) is 15.7. The smallest absolute Gasteiger partial charge is 0.410 e. The van der Waals surface area contributed by atoms with Crippen LogP contribution >= 0.6 is 0 Å². The number of likely N-dealkylation sites (tertiary alicyclic amines) is 1. The highest BCUT2D eigenvalue weighted by Crippen LogP contribution is 2.51. The maximum atomic E-state index is 14.1. The molecule has 2 aliphatic heterocycles. The Morgan fingerprint density at radius 3 is 2.37 bits per heavy atom. The Balaban J connectivity index is 1.31. The topological polar surface area (TPSA) is 108 Å². The van der Waals surface area contributed by atoms with Gasteiger partial charge in [0.05, 0.1) is 30.2 Å². The van der Waals surface area contributed by atoms with Crippen molar-refractivity contribution in [2.45, 2.75) is 90.5 Å². The van der Waals surface area contributed by atoms with Crippen molar-refractivity contribution >= 4 is 12.1 Å². The molecule has 1 aliphatic carbocycles. The minimum absolute atomic E-state index is 0.0399. The van der Waals surface area contributed by atoms with Crippen molar-refractivity contribution < 1.29 is 19.4 Å². The number of hydrogen-bond acceptors (Lipinski definition) is 6. The van der Waals surface area contributed by atoms with Crippen LogP contribution < -0.4 is 5.56 Å². The summed E-state index contributed by atoms with van der Waals surface area (Å²) in [5.41, 5.74) is -0.927. The number of carbonyl (C=O) groups is 2. The number of benzene rings is 1. The molecule has 5 rings (SSSR count). The number of carbonyl (C=O) groups excluding carboxylic acids is 2. The molecular weight excluding hydrogens is 546 g/mol. The van der Waals surface area contributed by atoms with Crippen molar-refractivity contribution in [2.75, 3.05) is 32.7 Å². The summed E-state index contributed by atoms with van der Waals surface area (Å²) in [6.07, 6.45) is 5.15. The van der Waals surface area contributed by atoms with Gasteiger partial charge in [0.25, 0.3) is 5.56 Å². The summed E-state index contributed by atoms with van der Waals surface area (Å²) in [5.74, 6) is 0.148. The van der Waals surface area contributed by atoms with Gasteiger partial charge in [0, 0.05) is 49.8 Å². The Hall–Kier alpha value is -3.40. The third kappa shape index (κ3) is 6.44. The van der Waals surface area contributed by atoms with Gasteiger partial charge in [0.1, 0.15) is 5.60 Å². The average molecular weight is 594 g/mol. The second-order valence-electron chi connectivity index (χ2n) is 14.0. The van der Waals surface area contributed by atoms with E-state index in [1.54, 1.807) is 11.2 Å². The van der Waals surface area contributed by atoms with Crippen LogP contribution in [0, 0.1) is 11.3 Å². The molecule has 2 unspecified atom stereocenters. The monoisotopic (exact) mass is 593 g/mol. The summed E-state index contributed by atoms with van der Waals surface area (Å²) < 4.78 is 7.13. The number of piperidine rings is 1. The lowest BCUT2D eigenvalue weighted by atomic mass is 9.66. The molecule has 3 aliphatic rings. The molecule has 1 spiro atoms. The summed E-state index contributed by atoms with van der Waals surface area (Å²) in [5, 5.41) is 12.2. The summed E-state index contributed by atoms with van der Waals surface area (Å²) in [4.78, 5) is 50.1. The zero-order valence-electron chi connectivity index (χ0n) is 26.3. The van der Waals surface area contributed by atoms with Crippen LogP contribution in [-0.2, 0) is 11.3 Å². The fourth-order valence-corrected chi connectivity index (χ4v) is 7.15. The molecule has 234 valence electrons. The van der Waals surface area contributed by atoms with E-state index >= 15 is 0 Å². The predicted octanol–water partition coefficient (Wildman–Crippen LogP) is 4.60. The first kappa shape index (κ1) is 31.0. The lowest BCUT2D eigenvalue weighted by Gasteiger charge is -2.54. The molecule has 3 heterocycles. The summed E-state index contributed by atoms with van der Waals surface area (Å²) in [6, 6.07) is 10.9. The van der Waals surface area contributed by atoms with Crippen LogP contribution in [0.5, 0.6) is 0 Å². The molecule has 3 amide bonds. The van der Waals surface area contributed by atoms with Crippen LogP contribution in [0.3, 0.4) is 0 Å². The van der Waals surface area contributed by atoms with Crippen molar-refractivity contribution in [1.29, 1.82) is 0 Å². The summed E-state index contributed by atoms with van der Waals surface area (Å²) in [7, 11) is 0. The van der Waals surface area contributed by atoms with Gasteiger partial charge in [0.15, 0.2) is 0 Å². The molecule has 2 saturated heterocycles. The highest BCUT2D eigenvalue weighted by Gasteiger charge is 2.56. The van der Waals surface area contributed by atoms with E-state index in [0.717, 1.165) is 31.2 Å². The number of aromatic nitrogens is 2. The van der Waals surface area contributed by atoms with E-state index in [-0.39, 0.29) is 36.2 Å². The fraction of sp³-hybridized carbons (Fsp3) is 0.636. The summed E-state index contributed by atoms with van der Waals surface area (Å²) >= 11 is 0. The molecule has 3 fully saturated rings. The van der Waals surface area contributed by atoms with Gasteiger partial charge in [-0.3, -0.25) is 9.36 Å². The largest absolute Gasteiger partial charge is 0.444 e. The summed E-state index contributed by atoms with van der Waals surface area (Å²) in [6.45, 7) is 12.0. The minimum Gasteiger partial charge on any atom is -0.444 e. The number of hydrogen-bond donors (Lipinski definition) is 1. The SMILES string of the molecule is CC(C)C1CN(C(=O)OC(C)(C)C)CCN1C(=O)N1CCC(O)(Cn2cnc(-c3ccccc3)cc2=O)C2(CCCC2)C1. The van der Waals surface area contributed by atoms with Crippen molar-refractivity contribution in [2.24, 2.45) is 11.3 Å². The van der Waals surface area contributed by atoms with Gasteiger partial charge in [-0.15, -0.1) is 0 Å². The Bertz CT molecular complexity index is 1360. The molecule has 1 aromatic heterocycles. The Morgan fingerprint density at radius 2 is 1.74 bits per heavy atom. The standard InChI is InChI=1S/C33H47N5O5/c1-24(2)27-20-35(30(41)43-31(3,4)5)17-18-38(27)29(40)36-16-15-33(42,32(21-36)13-9-10-14-32)22-37-23-34-26(19-28(37)39)25-11-7-6-8-12-25/h6-8,11-12,19,23-24,27,42H,9-10,13-18,20-22H2,1-5H3. The number of urea groups is 1. The first-order valence-electron chi connectivity index (χ1n) is 15.7. The van der Waals surface area contributed by atoms with Crippen LogP contribution in [0.1, 0.15) is 66.7 Å². The first-order chi connectivity index (χ1) is 20.3. The number of rotatable bonds is 4. The van der Waals surface area contributed by atoms with Gasteiger partial charge in [0.2, 0.25) is 0 Å². The Kier molecular flexibility index (Phi) is 8.62. The lowest BCUT2D eigenvalue weighted by Crippen LogP contribution is -2.66. The normalized spacial score (nSPS) is 24.1. The van der Waals surface area contributed by atoms with Gasteiger partial charge >= 0.3 is 12.1 Å². The predicted molar refractivity (Wildman–Crippen MR) is 165 cm³/mol. The maximum Gasteiger partial charge on any atom is 0.410 e. The maximum absolute atomic E-state index is 14.1. The van der Waals surface area contributed by atoms with E-state index in [1.165, 1.54) is 10.6 Å². The van der Waals surface area contributed by atoms with Crippen LogP contribution in [0.25, 0.3) is 11.3 Å². The quantitative estimate of drug-likeness (QED) is 0.555. The third-order valence-corrected chi connectivity index (χ3v) is 9.57. The third-order valence-electron chi connectivity index (χ3n) is 9.57. The van der Waals surface area contributed by atoms with E-state index in [4.69, 9.17) is 4.74 Å². The van der Waals surface area contributed by atoms with E-state index in [0.29, 0.717) is 44.8 Å². The molecule has 1 saturated carbocycles. The van der Waals surface area contributed by atoms with Gasteiger partial charge < -0.3 is 24.5 Å². The number of piperazine rings is 1. The number of amides is 3. The van der Waals surface area contributed by atoms with E-state index in [1.807, 2.05) is 60.9 Å². The van der Waals surface area contributed by atoms with E-state index < -0.39 is 16.6 Å². The molecular formula is C33H47N5O5. The van der Waals surface area contributed by atoms with Crippen LogP contribution in [-0.4, -0.2) is 91.4 Å². The number of ether oxygens (including phenoxy) is 1. The molecule has 1 aromatic carbocycles. The van der Waals surface area contributed by atoms with Gasteiger partial charge in [-0.05, 0) is 46.0 Å². The molecule has 10 nitrogen and oxygen atoms in total. The molecule has 2 aromatic rings. The van der Waals surface area contributed by atoms with Crippen LogP contribution in [0.15, 0.2) is 47.5 Å². The van der Waals surface area contributed by atoms with Gasteiger partial charge in [-0.25, -0.2) is 14.6 Å². The van der Waals surface area contributed by atoms with E-state index in [9.17, 15) is 19.5 Å². The number of aliphatic hydroxyl groups is 1. The molecule has 10 heteroatoms. The molecule has 43 heavy (non-hydrogen) atoms. The van der Waals surface area contributed by atoms with Crippen molar-refractivity contribution in [3.8, 4) is 11.3 Å². The molecule has 0 radical (unpaired) electrons. The Labute approximate surface area is 254 Å². The van der Waals surface area contributed by atoms with Crippen molar-refractivity contribution in [1.82, 2.24) is 24.3 Å². The highest BCUT2D eigenvalue weighted by molar-refractivity contribution is 5.76. The fourth-order valence-electron chi connectivity index (χ4n) is 7.15. The molecule has 1 N–H and O–H groups in total. The lowest BCUT2D eigenvalue weighted by molar-refractivity contribution is -0.137. The zero-order chi connectivity index (χ0) is 31.0. The van der Waals surface area contributed by atoms with Gasteiger partial charge in [-0.2, -0.15) is 0 Å². The minimum atomic E-state index is -1.13. The van der Waals surface area contributed by atoms with Crippen LogP contribution in [0.4, 0.5) is 9.59 Å². The van der Waals surface area contributed by atoms with Crippen molar-refractivity contribution in [3.63, 3.8) is 0 Å².